The van der Waals surface area contributed by atoms with E-state index in [9.17, 15) is 9.90 Å². The molecule has 2 N–H and O–H groups in total. The molecule has 1 heterocycles. The van der Waals surface area contributed by atoms with Gasteiger partial charge in [0.15, 0.2) is 23.0 Å². The number of ether oxygens (including phenoxy) is 3. The van der Waals surface area contributed by atoms with E-state index in [1.807, 2.05) is 41.6 Å². The molecule has 1 amide bonds. The summed E-state index contributed by atoms with van der Waals surface area (Å²) in [6, 6.07) is 10.5. The number of carbonyl (C=O) groups excluding carboxylic acids is 1. The van der Waals surface area contributed by atoms with Gasteiger partial charge in [0.25, 0.3) is 5.91 Å². The minimum absolute atomic E-state index is 0.0834. The molecule has 2 aromatic rings. The van der Waals surface area contributed by atoms with Gasteiger partial charge in [0.2, 0.25) is 6.10 Å². The van der Waals surface area contributed by atoms with Gasteiger partial charge < -0.3 is 19.3 Å². The van der Waals surface area contributed by atoms with Crippen LogP contribution in [-0.4, -0.2) is 36.5 Å². The molecular weight excluding hydrogens is 451 g/mol. The summed E-state index contributed by atoms with van der Waals surface area (Å²) in [6.07, 6.45) is 0.695. The van der Waals surface area contributed by atoms with Crippen LogP contribution in [0.2, 0.25) is 0 Å². The topological polar surface area (TPSA) is 89.4 Å². The Morgan fingerprint density at radius 3 is 2.96 bits per heavy atom. The Kier molecular flexibility index (Phi) is 5.82. The van der Waals surface area contributed by atoms with E-state index in [1.54, 1.807) is 24.3 Å². The van der Waals surface area contributed by atoms with Crippen molar-refractivity contribution in [2.75, 3.05) is 13.2 Å². The monoisotopic (exact) mass is 468 g/mol. The Balaban J connectivity index is 1.63. The van der Waals surface area contributed by atoms with Gasteiger partial charge in [-0.05, 0) is 59.3 Å². The Bertz CT molecular complexity index is 840. The number of benzene rings is 2. The zero-order chi connectivity index (χ0) is 18.5. The van der Waals surface area contributed by atoms with Crippen molar-refractivity contribution in [1.29, 1.82) is 0 Å². The summed E-state index contributed by atoms with van der Waals surface area (Å²) in [5, 5.41) is 13.9. The number of fused-ring (bicyclic) bond motifs is 1. The lowest BCUT2D eigenvalue weighted by atomic mass is 10.2. The molecule has 0 saturated heterocycles. The van der Waals surface area contributed by atoms with Crippen molar-refractivity contribution < 1.29 is 24.1 Å². The fraction of sp³-hybridized carbons (Fsp3) is 0.222. The summed E-state index contributed by atoms with van der Waals surface area (Å²) in [5.74, 6) is 1.18. The predicted octanol–water partition coefficient (Wildman–Crippen LogP) is 2.69. The molecule has 136 valence electrons. The Morgan fingerprint density at radius 1 is 1.42 bits per heavy atom. The van der Waals surface area contributed by atoms with E-state index < -0.39 is 12.0 Å². The van der Waals surface area contributed by atoms with Gasteiger partial charge in [-0.3, -0.25) is 4.79 Å². The Morgan fingerprint density at radius 2 is 2.19 bits per heavy atom. The molecule has 0 saturated carbocycles. The van der Waals surface area contributed by atoms with E-state index in [0.29, 0.717) is 33.0 Å². The second-order valence-corrected chi connectivity index (χ2v) is 6.54. The fourth-order valence-corrected chi connectivity index (χ4v) is 2.95. The number of para-hydroxylation sites is 2. The molecule has 0 aliphatic carbocycles. The molecule has 7 nitrogen and oxygen atoms in total. The highest BCUT2D eigenvalue weighted by Gasteiger charge is 2.26. The molecule has 3 rings (SSSR count). The highest BCUT2D eigenvalue weighted by Crippen LogP contribution is 2.32. The van der Waals surface area contributed by atoms with Crippen molar-refractivity contribution in [3.8, 4) is 23.0 Å². The summed E-state index contributed by atoms with van der Waals surface area (Å²) in [7, 11) is 0. The molecule has 0 aromatic heterocycles. The van der Waals surface area contributed by atoms with Gasteiger partial charge >= 0.3 is 0 Å². The number of amides is 1. The second kappa shape index (κ2) is 8.26. The van der Waals surface area contributed by atoms with Gasteiger partial charge in [0, 0.05) is 0 Å². The molecule has 8 heteroatoms. The van der Waals surface area contributed by atoms with Crippen molar-refractivity contribution in [1.82, 2.24) is 5.43 Å². The summed E-state index contributed by atoms with van der Waals surface area (Å²) < 4.78 is 17.1. The minimum atomic E-state index is -0.777. The zero-order valence-electron chi connectivity index (χ0n) is 13.9. The summed E-state index contributed by atoms with van der Waals surface area (Å²) in [6.45, 7) is 2.38. The van der Waals surface area contributed by atoms with Crippen molar-refractivity contribution in [3.63, 3.8) is 0 Å². The number of halogens is 1. The standard InChI is InChI=1S/C18H17IN2O5/c1-2-24-15-8-11(7-12(19)17(15)22)9-20-21-18(23)16-10-25-13-5-3-4-6-14(13)26-16/h3-9,16,22H,2,10H2,1H3,(H,21,23)/b20-9-. The number of aromatic hydroxyl groups is 1. The lowest BCUT2D eigenvalue weighted by Gasteiger charge is -2.24. The zero-order valence-corrected chi connectivity index (χ0v) is 16.1. The maximum atomic E-state index is 12.2. The lowest BCUT2D eigenvalue weighted by Crippen LogP contribution is -2.42. The molecular formula is C18H17IN2O5. The first kappa shape index (κ1) is 18.3. The van der Waals surface area contributed by atoms with Crippen LogP contribution in [0.25, 0.3) is 0 Å². The van der Waals surface area contributed by atoms with Crippen LogP contribution in [0.15, 0.2) is 41.5 Å². The van der Waals surface area contributed by atoms with Crippen LogP contribution >= 0.6 is 22.6 Å². The molecule has 1 aliphatic heterocycles. The first-order valence-electron chi connectivity index (χ1n) is 7.95. The third kappa shape index (κ3) is 4.18. The summed E-state index contributed by atoms with van der Waals surface area (Å²) in [5.41, 5.74) is 3.12. The van der Waals surface area contributed by atoms with E-state index in [2.05, 4.69) is 10.5 Å². The Labute approximate surface area is 164 Å². The van der Waals surface area contributed by atoms with E-state index in [4.69, 9.17) is 14.2 Å². The highest BCUT2D eigenvalue weighted by atomic mass is 127. The van der Waals surface area contributed by atoms with Gasteiger partial charge in [0.1, 0.15) is 6.61 Å². The number of carbonyl (C=O) groups is 1. The van der Waals surface area contributed by atoms with E-state index in [-0.39, 0.29) is 12.4 Å². The number of rotatable bonds is 5. The third-order valence-electron chi connectivity index (χ3n) is 3.54. The lowest BCUT2D eigenvalue weighted by molar-refractivity contribution is -0.130. The SMILES string of the molecule is CCOc1cc(/C=N\NC(=O)C2COc3ccccc3O2)cc(I)c1O. The smallest absolute Gasteiger partial charge is 0.284 e. The number of hydrogen-bond acceptors (Lipinski definition) is 6. The number of hydrazone groups is 1. The van der Waals surface area contributed by atoms with Crippen molar-refractivity contribution in [2.24, 2.45) is 5.10 Å². The first-order valence-corrected chi connectivity index (χ1v) is 9.03. The van der Waals surface area contributed by atoms with Crippen LogP contribution in [0.1, 0.15) is 12.5 Å². The van der Waals surface area contributed by atoms with Crippen LogP contribution in [-0.2, 0) is 4.79 Å². The molecule has 1 atom stereocenters. The van der Waals surface area contributed by atoms with Gasteiger partial charge in [-0.15, -0.1) is 0 Å². The first-order chi connectivity index (χ1) is 12.6. The normalized spacial score (nSPS) is 15.7. The largest absolute Gasteiger partial charge is 0.504 e. The number of phenolic OH excluding ortho intramolecular Hbond substituents is 1. The molecule has 2 aromatic carbocycles. The molecule has 1 unspecified atom stereocenters. The minimum Gasteiger partial charge on any atom is -0.504 e. The number of phenols is 1. The van der Waals surface area contributed by atoms with Crippen molar-refractivity contribution in [3.05, 3.63) is 45.5 Å². The molecule has 1 aliphatic rings. The number of hydrogen-bond donors (Lipinski definition) is 2. The molecule has 0 radical (unpaired) electrons. The number of nitrogens with one attached hydrogen (secondary N) is 1. The second-order valence-electron chi connectivity index (χ2n) is 5.38. The summed E-state index contributed by atoms with van der Waals surface area (Å²) in [4.78, 5) is 12.2. The van der Waals surface area contributed by atoms with Crippen LogP contribution in [0.3, 0.4) is 0 Å². The van der Waals surface area contributed by atoms with Gasteiger partial charge in [-0.25, -0.2) is 5.43 Å². The van der Waals surface area contributed by atoms with E-state index in [0.717, 1.165) is 0 Å². The average Bonchev–Trinajstić information content (AvgIpc) is 2.65. The Hall–Kier alpha value is -2.49. The highest BCUT2D eigenvalue weighted by molar-refractivity contribution is 14.1. The van der Waals surface area contributed by atoms with Crippen molar-refractivity contribution >= 4 is 34.7 Å². The molecule has 0 bridgehead atoms. The van der Waals surface area contributed by atoms with Gasteiger partial charge in [0.05, 0.1) is 16.4 Å². The van der Waals surface area contributed by atoms with Gasteiger partial charge in [-0.2, -0.15) is 5.10 Å². The summed E-state index contributed by atoms with van der Waals surface area (Å²) >= 11 is 2.00. The van der Waals surface area contributed by atoms with Gasteiger partial charge in [-0.1, -0.05) is 12.1 Å². The van der Waals surface area contributed by atoms with Crippen LogP contribution in [0, 0.1) is 3.57 Å². The van der Waals surface area contributed by atoms with E-state index >= 15 is 0 Å². The van der Waals surface area contributed by atoms with Crippen LogP contribution in [0.5, 0.6) is 23.0 Å². The predicted molar refractivity (Wildman–Crippen MR) is 104 cm³/mol. The van der Waals surface area contributed by atoms with Crippen LogP contribution < -0.4 is 19.6 Å². The van der Waals surface area contributed by atoms with E-state index in [1.165, 1.54) is 6.21 Å². The average molecular weight is 468 g/mol. The molecule has 0 fully saturated rings. The maximum absolute atomic E-state index is 12.2. The number of nitrogens with zero attached hydrogens (tertiary/aromatic N) is 1. The quantitative estimate of drug-likeness (QED) is 0.400. The van der Waals surface area contributed by atoms with Crippen molar-refractivity contribution in [2.45, 2.75) is 13.0 Å². The molecule has 0 spiro atoms. The van der Waals surface area contributed by atoms with Crippen LogP contribution in [0.4, 0.5) is 0 Å². The fourth-order valence-electron chi connectivity index (χ4n) is 2.33. The maximum Gasteiger partial charge on any atom is 0.284 e. The third-order valence-corrected chi connectivity index (χ3v) is 4.36. The molecule has 26 heavy (non-hydrogen) atoms.